The van der Waals surface area contributed by atoms with Crippen molar-refractivity contribution in [2.24, 2.45) is 0 Å². The SMILES string of the molecule is Cc1cncc(C(=O)N2CCn3cc(CC(=O)N4CC=CC4)nc3[C@@H]2C)c1. The summed E-state index contributed by atoms with van der Waals surface area (Å²) in [6, 6.07) is 1.71. The number of hydrogen-bond acceptors (Lipinski definition) is 4. The van der Waals surface area contributed by atoms with Crippen LogP contribution in [-0.2, 0) is 17.8 Å². The zero-order valence-electron chi connectivity index (χ0n) is 15.6. The molecule has 2 amide bonds. The number of pyridine rings is 1. The molecule has 2 aromatic rings. The molecule has 0 bridgehead atoms. The van der Waals surface area contributed by atoms with Gasteiger partial charge in [0.1, 0.15) is 5.82 Å². The summed E-state index contributed by atoms with van der Waals surface area (Å²) in [6.07, 6.45) is 9.59. The Balaban J connectivity index is 1.50. The summed E-state index contributed by atoms with van der Waals surface area (Å²) in [5.74, 6) is 0.883. The van der Waals surface area contributed by atoms with Gasteiger partial charge in [0.15, 0.2) is 0 Å². The summed E-state index contributed by atoms with van der Waals surface area (Å²) in [7, 11) is 0. The zero-order valence-corrected chi connectivity index (χ0v) is 15.6. The van der Waals surface area contributed by atoms with E-state index in [1.807, 2.05) is 48.1 Å². The van der Waals surface area contributed by atoms with Crippen LogP contribution in [0.5, 0.6) is 0 Å². The van der Waals surface area contributed by atoms with Gasteiger partial charge in [-0.2, -0.15) is 0 Å². The Morgan fingerprint density at radius 1 is 1.19 bits per heavy atom. The molecule has 27 heavy (non-hydrogen) atoms. The number of amides is 2. The van der Waals surface area contributed by atoms with E-state index in [2.05, 4.69) is 14.5 Å². The third-order valence-electron chi connectivity index (χ3n) is 5.17. The molecule has 7 nitrogen and oxygen atoms in total. The average molecular weight is 365 g/mol. The highest BCUT2D eigenvalue weighted by Crippen LogP contribution is 2.26. The van der Waals surface area contributed by atoms with Crippen LogP contribution in [0.2, 0.25) is 0 Å². The number of rotatable bonds is 3. The number of aryl methyl sites for hydroxylation is 1. The van der Waals surface area contributed by atoms with E-state index in [4.69, 9.17) is 0 Å². The van der Waals surface area contributed by atoms with Crippen molar-refractivity contribution < 1.29 is 9.59 Å². The van der Waals surface area contributed by atoms with Gasteiger partial charge in [-0.3, -0.25) is 14.6 Å². The molecule has 0 saturated heterocycles. The minimum Gasteiger partial charge on any atom is -0.335 e. The van der Waals surface area contributed by atoms with E-state index in [1.54, 1.807) is 12.4 Å². The zero-order chi connectivity index (χ0) is 19.0. The van der Waals surface area contributed by atoms with Gasteiger partial charge in [0.05, 0.1) is 23.7 Å². The molecule has 0 fully saturated rings. The van der Waals surface area contributed by atoms with E-state index < -0.39 is 0 Å². The van der Waals surface area contributed by atoms with Crippen LogP contribution in [0.3, 0.4) is 0 Å². The second-order valence-corrected chi connectivity index (χ2v) is 7.16. The fourth-order valence-electron chi connectivity index (χ4n) is 3.70. The lowest BCUT2D eigenvalue weighted by atomic mass is 10.1. The molecule has 4 heterocycles. The highest BCUT2D eigenvalue weighted by atomic mass is 16.2. The molecule has 2 aliphatic heterocycles. The Hall–Kier alpha value is -2.96. The second kappa shape index (κ2) is 6.98. The van der Waals surface area contributed by atoms with Crippen LogP contribution in [0.25, 0.3) is 0 Å². The lowest BCUT2D eigenvalue weighted by molar-refractivity contribution is -0.129. The van der Waals surface area contributed by atoms with Gasteiger partial charge in [0.2, 0.25) is 5.91 Å². The van der Waals surface area contributed by atoms with E-state index in [0.29, 0.717) is 38.2 Å². The maximum absolute atomic E-state index is 12.9. The molecule has 0 aliphatic carbocycles. The van der Waals surface area contributed by atoms with Gasteiger partial charge < -0.3 is 14.4 Å². The number of hydrogen-bond donors (Lipinski definition) is 0. The Kier molecular flexibility index (Phi) is 4.51. The molecular weight excluding hydrogens is 342 g/mol. The summed E-state index contributed by atoms with van der Waals surface area (Å²) in [4.78, 5) is 37.7. The predicted molar refractivity (Wildman–Crippen MR) is 100 cm³/mol. The molecule has 4 rings (SSSR count). The van der Waals surface area contributed by atoms with E-state index in [9.17, 15) is 9.59 Å². The predicted octanol–water partition coefficient (Wildman–Crippen LogP) is 1.74. The van der Waals surface area contributed by atoms with Gasteiger partial charge in [0.25, 0.3) is 5.91 Å². The number of aromatic nitrogens is 3. The number of imidazole rings is 1. The van der Waals surface area contributed by atoms with Gasteiger partial charge in [-0.25, -0.2) is 4.98 Å². The van der Waals surface area contributed by atoms with Crippen LogP contribution >= 0.6 is 0 Å². The summed E-state index contributed by atoms with van der Waals surface area (Å²) < 4.78 is 2.06. The van der Waals surface area contributed by atoms with Crippen molar-refractivity contribution in [3.05, 3.63) is 59.5 Å². The van der Waals surface area contributed by atoms with E-state index in [0.717, 1.165) is 17.1 Å². The Morgan fingerprint density at radius 3 is 2.70 bits per heavy atom. The van der Waals surface area contributed by atoms with Crippen LogP contribution in [0.4, 0.5) is 0 Å². The van der Waals surface area contributed by atoms with Crippen molar-refractivity contribution in [2.45, 2.75) is 32.9 Å². The molecular formula is C20H23N5O2. The first-order valence-electron chi connectivity index (χ1n) is 9.24. The summed E-state index contributed by atoms with van der Waals surface area (Å²) in [5.41, 5.74) is 2.32. The van der Waals surface area contributed by atoms with Crippen molar-refractivity contribution >= 4 is 11.8 Å². The number of nitrogens with zero attached hydrogens (tertiary/aromatic N) is 5. The van der Waals surface area contributed by atoms with Crippen molar-refractivity contribution in [1.29, 1.82) is 0 Å². The largest absolute Gasteiger partial charge is 0.335 e. The summed E-state index contributed by atoms with van der Waals surface area (Å²) >= 11 is 0. The van der Waals surface area contributed by atoms with Gasteiger partial charge in [-0.15, -0.1) is 0 Å². The van der Waals surface area contributed by atoms with Crippen molar-refractivity contribution in [3.63, 3.8) is 0 Å². The fraction of sp³-hybridized carbons (Fsp3) is 0.400. The van der Waals surface area contributed by atoms with Gasteiger partial charge in [0, 0.05) is 44.8 Å². The topological polar surface area (TPSA) is 71.3 Å². The molecule has 0 spiro atoms. The number of carbonyl (C=O) groups excluding carboxylic acids is 2. The second-order valence-electron chi connectivity index (χ2n) is 7.16. The third kappa shape index (κ3) is 3.37. The van der Waals surface area contributed by atoms with Crippen LogP contribution in [0.1, 0.15) is 40.4 Å². The normalized spacial score (nSPS) is 18.7. The minimum absolute atomic E-state index is 0.0336. The van der Waals surface area contributed by atoms with Crippen LogP contribution in [-0.4, -0.2) is 55.8 Å². The smallest absolute Gasteiger partial charge is 0.256 e. The van der Waals surface area contributed by atoms with Crippen LogP contribution in [0, 0.1) is 6.92 Å². The van der Waals surface area contributed by atoms with Crippen molar-refractivity contribution in [2.75, 3.05) is 19.6 Å². The molecule has 0 N–H and O–H groups in total. The van der Waals surface area contributed by atoms with Gasteiger partial charge in [-0.05, 0) is 25.5 Å². The maximum Gasteiger partial charge on any atom is 0.256 e. The van der Waals surface area contributed by atoms with Crippen LogP contribution < -0.4 is 0 Å². The number of fused-ring (bicyclic) bond motifs is 1. The Bertz CT molecular complexity index is 909. The minimum atomic E-state index is -0.149. The quantitative estimate of drug-likeness (QED) is 0.777. The molecule has 7 heteroatoms. The van der Waals surface area contributed by atoms with Crippen molar-refractivity contribution in [3.8, 4) is 0 Å². The highest BCUT2D eigenvalue weighted by molar-refractivity contribution is 5.94. The maximum atomic E-state index is 12.9. The van der Waals surface area contributed by atoms with Gasteiger partial charge in [-0.1, -0.05) is 12.2 Å². The Morgan fingerprint density at radius 2 is 1.96 bits per heavy atom. The molecule has 0 saturated carbocycles. The first kappa shape index (κ1) is 17.5. The molecule has 140 valence electrons. The first-order valence-corrected chi connectivity index (χ1v) is 9.24. The Labute approximate surface area is 158 Å². The lowest BCUT2D eigenvalue weighted by Crippen LogP contribution is -2.41. The van der Waals surface area contributed by atoms with Crippen LogP contribution in [0.15, 0.2) is 36.8 Å². The highest BCUT2D eigenvalue weighted by Gasteiger charge is 2.31. The monoisotopic (exact) mass is 365 g/mol. The van der Waals surface area contributed by atoms with E-state index in [-0.39, 0.29) is 17.9 Å². The van der Waals surface area contributed by atoms with Gasteiger partial charge >= 0.3 is 0 Å². The molecule has 2 aromatic heterocycles. The van der Waals surface area contributed by atoms with Crippen molar-refractivity contribution in [1.82, 2.24) is 24.3 Å². The van der Waals surface area contributed by atoms with E-state index in [1.165, 1.54) is 0 Å². The molecule has 0 radical (unpaired) electrons. The molecule has 2 aliphatic rings. The number of carbonyl (C=O) groups is 2. The molecule has 0 aromatic carbocycles. The summed E-state index contributed by atoms with van der Waals surface area (Å²) in [6.45, 7) is 6.55. The molecule has 0 unspecified atom stereocenters. The summed E-state index contributed by atoms with van der Waals surface area (Å²) in [5, 5.41) is 0. The third-order valence-corrected chi connectivity index (χ3v) is 5.17. The average Bonchev–Trinajstić information content (AvgIpc) is 3.31. The lowest BCUT2D eigenvalue weighted by Gasteiger charge is -2.33. The molecule has 1 atom stereocenters. The fourth-order valence-corrected chi connectivity index (χ4v) is 3.70. The standard InChI is InChI=1S/C20H23N5O2/c1-14-9-16(12-21-11-14)20(27)25-8-7-24-13-17(22-19(24)15(25)2)10-18(26)23-5-3-4-6-23/h3-4,9,11-13,15H,5-8,10H2,1-2H3/t15-/m0/s1. The first-order chi connectivity index (χ1) is 13.0. The van der Waals surface area contributed by atoms with E-state index >= 15 is 0 Å².